The van der Waals surface area contributed by atoms with E-state index in [0.29, 0.717) is 5.69 Å². The zero-order valence-corrected chi connectivity index (χ0v) is 5.87. The van der Waals surface area contributed by atoms with Gasteiger partial charge in [0.2, 0.25) is 0 Å². The van der Waals surface area contributed by atoms with Crippen molar-refractivity contribution in [3.05, 3.63) is 18.2 Å². The predicted octanol–water partition coefficient (Wildman–Crippen LogP) is -0.260. The van der Waals surface area contributed by atoms with Gasteiger partial charge in [0.25, 0.3) is 0 Å². The summed E-state index contributed by atoms with van der Waals surface area (Å²) >= 11 is 0. The average Bonchev–Trinajstić information content (AvgIpc) is 2.53. The van der Waals surface area contributed by atoms with Gasteiger partial charge in [0.1, 0.15) is 0 Å². The summed E-state index contributed by atoms with van der Waals surface area (Å²) in [4.78, 5) is 6.20. The van der Waals surface area contributed by atoms with Crippen LogP contribution in [0.15, 0.2) is 12.5 Å². The van der Waals surface area contributed by atoms with Crippen LogP contribution in [0.1, 0.15) is 11.9 Å². The molecule has 1 heterocycles. The lowest BCUT2D eigenvalue weighted by molar-refractivity contribution is 0.188. The number of aliphatic hydroxyl groups is 1. The molecule has 0 radical (unpaired) electrons. The van der Waals surface area contributed by atoms with Crippen molar-refractivity contribution < 1.29 is 9.50 Å². The van der Waals surface area contributed by atoms with Gasteiger partial charge in [-0.3, -0.25) is 0 Å². The molecule has 11 heavy (non-hydrogen) atoms. The van der Waals surface area contributed by atoms with Gasteiger partial charge in [0, 0.05) is 0 Å². The molecule has 0 fully saturated rings. The van der Waals surface area contributed by atoms with Crippen LogP contribution in [0.2, 0.25) is 0 Å². The van der Waals surface area contributed by atoms with Crippen LogP contribution in [0.5, 0.6) is 0 Å². The quantitative estimate of drug-likeness (QED) is 0.568. The van der Waals surface area contributed by atoms with Crippen molar-refractivity contribution in [2.75, 3.05) is 6.61 Å². The average molecular weight is 159 g/mol. The number of aliphatic hydroxyl groups excluding tert-OH is 1. The maximum Gasteiger partial charge on any atom is 0.158 e. The molecule has 0 spiro atoms. The fraction of sp³-hybridized carbons (Fsp3) is 0.500. The first-order chi connectivity index (χ1) is 5.25. The van der Waals surface area contributed by atoms with Crippen LogP contribution >= 0.6 is 0 Å². The van der Waals surface area contributed by atoms with Crippen LogP contribution < -0.4 is 5.73 Å². The maximum atomic E-state index is 13.0. The van der Waals surface area contributed by atoms with E-state index in [0.717, 1.165) is 0 Å². The van der Waals surface area contributed by atoms with Crippen LogP contribution in [0.25, 0.3) is 0 Å². The van der Waals surface area contributed by atoms with Crippen molar-refractivity contribution in [2.45, 2.75) is 12.2 Å². The van der Waals surface area contributed by atoms with E-state index in [1.165, 1.54) is 12.5 Å². The van der Waals surface area contributed by atoms with Gasteiger partial charge in [0.05, 0.1) is 30.9 Å². The zero-order chi connectivity index (χ0) is 8.27. The lowest BCUT2D eigenvalue weighted by atomic mass is 10.1. The summed E-state index contributed by atoms with van der Waals surface area (Å²) in [5, 5.41) is 8.50. The molecule has 1 rings (SSSR count). The standard InChI is InChI=1S/C6H10FN3O/c7-6(4(8)2-11)5-1-9-3-10-5/h1,3-4,6,11H,2,8H2,(H,9,10). The molecule has 0 saturated carbocycles. The molecular weight excluding hydrogens is 149 g/mol. The van der Waals surface area contributed by atoms with Gasteiger partial charge in [-0.1, -0.05) is 0 Å². The minimum absolute atomic E-state index is 0.298. The van der Waals surface area contributed by atoms with Gasteiger partial charge in [-0.15, -0.1) is 0 Å². The SMILES string of the molecule is NC(CO)C(F)c1cnc[nH]1. The minimum Gasteiger partial charge on any atom is -0.395 e. The molecule has 0 saturated heterocycles. The molecule has 62 valence electrons. The number of hydrogen-bond donors (Lipinski definition) is 3. The molecule has 0 aliphatic heterocycles. The monoisotopic (exact) mass is 159 g/mol. The lowest BCUT2D eigenvalue weighted by Crippen LogP contribution is -2.29. The topological polar surface area (TPSA) is 74.9 Å². The Kier molecular flexibility index (Phi) is 2.56. The summed E-state index contributed by atoms with van der Waals surface area (Å²) in [6.07, 6.45) is 1.34. The lowest BCUT2D eigenvalue weighted by Gasteiger charge is -2.11. The van der Waals surface area contributed by atoms with E-state index in [-0.39, 0.29) is 6.61 Å². The number of nitrogens with two attached hydrogens (primary N) is 1. The highest BCUT2D eigenvalue weighted by Gasteiger charge is 2.18. The van der Waals surface area contributed by atoms with E-state index in [4.69, 9.17) is 10.8 Å². The maximum absolute atomic E-state index is 13.0. The van der Waals surface area contributed by atoms with Crippen molar-refractivity contribution in [1.29, 1.82) is 0 Å². The number of rotatable bonds is 3. The molecule has 4 N–H and O–H groups in total. The number of aromatic amines is 1. The fourth-order valence-electron chi connectivity index (χ4n) is 0.741. The molecular formula is C6H10FN3O. The van der Waals surface area contributed by atoms with Gasteiger partial charge in [-0.25, -0.2) is 9.37 Å². The van der Waals surface area contributed by atoms with E-state index >= 15 is 0 Å². The first kappa shape index (κ1) is 8.16. The van der Waals surface area contributed by atoms with E-state index in [1.54, 1.807) is 0 Å². The van der Waals surface area contributed by atoms with Crippen LogP contribution in [0, 0.1) is 0 Å². The van der Waals surface area contributed by atoms with Gasteiger partial charge in [-0.2, -0.15) is 0 Å². The van der Waals surface area contributed by atoms with Gasteiger partial charge < -0.3 is 15.8 Å². The molecule has 0 bridgehead atoms. The Balaban J connectivity index is 2.62. The summed E-state index contributed by atoms with van der Waals surface area (Å²) in [6, 6.07) is -0.879. The molecule has 0 aliphatic carbocycles. The largest absolute Gasteiger partial charge is 0.395 e. The second-order valence-corrected chi connectivity index (χ2v) is 2.26. The fourth-order valence-corrected chi connectivity index (χ4v) is 0.741. The highest BCUT2D eigenvalue weighted by molar-refractivity contribution is 5.02. The molecule has 2 unspecified atom stereocenters. The molecule has 0 amide bonds. The smallest absolute Gasteiger partial charge is 0.158 e. The van der Waals surface area contributed by atoms with Gasteiger partial charge in [0.15, 0.2) is 6.17 Å². The van der Waals surface area contributed by atoms with Crippen molar-refractivity contribution in [3.8, 4) is 0 Å². The summed E-state index contributed by atoms with van der Waals surface area (Å²) < 4.78 is 13.0. The van der Waals surface area contributed by atoms with E-state index < -0.39 is 12.2 Å². The van der Waals surface area contributed by atoms with Crippen LogP contribution in [0.4, 0.5) is 4.39 Å². The van der Waals surface area contributed by atoms with Crippen molar-refractivity contribution >= 4 is 0 Å². The normalized spacial score (nSPS) is 16.3. The molecule has 5 heteroatoms. The summed E-state index contributed by atoms with van der Waals surface area (Å²) in [5.74, 6) is 0. The third-order valence-electron chi connectivity index (χ3n) is 1.40. The van der Waals surface area contributed by atoms with Crippen LogP contribution in [-0.4, -0.2) is 27.7 Å². The molecule has 0 aromatic carbocycles. The summed E-state index contributed by atoms with van der Waals surface area (Å²) in [6.45, 7) is -0.375. The van der Waals surface area contributed by atoms with Crippen molar-refractivity contribution in [1.82, 2.24) is 9.97 Å². The molecule has 0 aliphatic rings. The number of nitrogens with one attached hydrogen (secondary N) is 1. The van der Waals surface area contributed by atoms with E-state index in [2.05, 4.69) is 9.97 Å². The number of alkyl halides is 1. The molecule has 4 nitrogen and oxygen atoms in total. The first-order valence-corrected chi connectivity index (χ1v) is 3.24. The predicted molar refractivity (Wildman–Crippen MR) is 37.5 cm³/mol. The summed E-state index contributed by atoms with van der Waals surface area (Å²) in [5.41, 5.74) is 5.53. The Morgan fingerprint density at radius 1 is 1.82 bits per heavy atom. The number of aromatic nitrogens is 2. The van der Waals surface area contributed by atoms with E-state index in [1.807, 2.05) is 0 Å². The molecule has 1 aromatic rings. The number of imidazole rings is 1. The highest BCUT2D eigenvalue weighted by atomic mass is 19.1. The Bertz CT molecular complexity index is 202. The number of H-pyrrole nitrogens is 1. The third-order valence-corrected chi connectivity index (χ3v) is 1.40. The number of hydrogen-bond acceptors (Lipinski definition) is 3. The Hall–Kier alpha value is -0.940. The second kappa shape index (κ2) is 3.45. The van der Waals surface area contributed by atoms with Crippen molar-refractivity contribution in [3.63, 3.8) is 0 Å². The Labute approximate surface area is 63.3 Å². The third kappa shape index (κ3) is 1.75. The molecule has 1 aromatic heterocycles. The van der Waals surface area contributed by atoms with Crippen LogP contribution in [-0.2, 0) is 0 Å². The number of halogens is 1. The first-order valence-electron chi connectivity index (χ1n) is 3.24. The van der Waals surface area contributed by atoms with Gasteiger partial charge >= 0.3 is 0 Å². The zero-order valence-electron chi connectivity index (χ0n) is 5.87. The van der Waals surface area contributed by atoms with Gasteiger partial charge in [-0.05, 0) is 0 Å². The molecule has 2 atom stereocenters. The Morgan fingerprint density at radius 3 is 3.00 bits per heavy atom. The van der Waals surface area contributed by atoms with Crippen LogP contribution in [0.3, 0.4) is 0 Å². The highest BCUT2D eigenvalue weighted by Crippen LogP contribution is 2.16. The minimum atomic E-state index is -1.37. The Morgan fingerprint density at radius 2 is 2.55 bits per heavy atom. The van der Waals surface area contributed by atoms with E-state index in [9.17, 15) is 4.39 Å². The second-order valence-electron chi connectivity index (χ2n) is 2.26. The van der Waals surface area contributed by atoms with Crippen molar-refractivity contribution in [2.24, 2.45) is 5.73 Å². The summed E-state index contributed by atoms with van der Waals surface area (Å²) in [7, 11) is 0. The number of nitrogens with zero attached hydrogens (tertiary/aromatic N) is 1.